The van der Waals surface area contributed by atoms with E-state index in [2.05, 4.69) is 21.8 Å². The predicted molar refractivity (Wildman–Crippen MR) is 45.2 cm³/mol. The molecule has 0 aliphatic heterocycles. The molecule has 0 aliphatic carbocycles. The number of carboxylic acid groups (broad SMARTS) is 1. The van der Waals surface area contributed by atoms with Gasteiger partial charge in [0.25, 0.3) is 0 Å². The van der Waals surface area contributed by atoms with Gasteiger partial charge in [0.15, 0.2) is 0 Å². The maximum absolute atomic E-state index is 9.18. The first-order valence-electron chi connectivity index (χ1n) is 1.26. The number of thiol groups is 1. The Morgan fingerprint density at radius 2 is 1.45 bits per heavy atom. The molecule has 3 N–H and O–H groups in total. The number of carbonyl (C=O) groups excluding carboxylic acids is 1. The van der Waals surface area contributed by atoms with Crippen LogP contribution in [0.5, 0.6) is 0 Å². The molecule has 0 saturated heterocycles. The van der Waals surface area contributed by atoms with Crippen molar-refractivity contribution >= 4 is 73.3 Å². The molecule has 0 rings (SSSR count). The first-order chi connectivity index (χ1) is 3.27. The molecular formula is C2H7O5S2Sb2-4. The van der Waals surface area contributed by atoms with E-state index in [4.69, 9.17) is 0 Å². The zero-order valence-electron chi connectivity index (χ0n) is 5.17. The normalized spacial score (nSPS) is 3.73. The van der Waals surface area contributed by atoms with Crippen LogP contribution in [0, 0.1) is 0 Å². The summed E-state index contributed by atoms with van der Waals surface area (Å²) in [6, 6.07) is 0. The fourth-order valence-electron chi connectivity index (χ4n) is 0. The topological polar surface area (TPSA) is 130 Å². The molecule has 9 heteroatoms. The molecule has 5 nitrogen and oxygen atoms in total. The minimum absolute atomic E-state index is 0. The summed E-state index contributed by atoms with van der Waals surface area (Å²) in [5, 5.41) is 9.18. The summed E-state index contributed by atoms with van der Waals surface area (Å²) in [7, 11) is 4.13. The second-order valence-corrected chi connectivity index (χ2v) is 0.846. The van der Waals surface area contributed by atoms with Gasteiger partial charge in [-0.05, 0) is 0 Å². The van der Waals surface area contributed by atoms with Gasteiger partial charge in [-0.15, -0.1) is 0 Å². The van der Waals surface area contributed by atoms with E-state index < -0.39 is 5.97 Å². The van der Waals surface area contributed by atoms with Gasteiger partial charge in [-0.25, -0.2) is 0 Å². The van der Waals surface area contributed by atoms with E-state index in [0.717, 1.165) is 0 Å². The van der Waals surface area contributed by atoms with Crippen molar-refractivity contribution in [1.82, 2.24) is 0 Å². The Labute approximate surface area is 104 Å². The van der Waals surface area contributed by atoms with Gasteiger partial charge in [0.05, 0.1) is 5.97 Å². The first-order valence-corrected chi connectivity index (χ1v) is 5.38. The van der Waals surface area contributed by atoms with Gasteiger partial charge in [-0.1, -0.05) is 0 Å². The van der Waals surface area contributed by atoms with Gasteiger partial charge in [0.1, 0.15) is 0 Å². The van der Waals surface area contributed by atoms with Crippen LogP contribution in [0.2, 0.25) is 0 Å². The van der Waals surface area contributed by atoms with Gasteiger partial charge in [-0.2, -0.15) is 12.6 Å². The van der Waals surface area contributed by atoms with E-state index in [1.54, 1.807) is 0 Å². The molecule has 0 fully saturated rings. The number of carbonyl (C=O) groups is 1. The van der Waals surface area contributed by atoms with E-state index in [1.807, 2.05) is 0 Å². The maximum atomic E-state index is 9.18. The number of carboxylic acids is 1. The van der Waals surface area contributed by atoms with E-state index in [9.17, 15) is 9.90 Å². The third kappa shape index (κ3) is 83.4. The molecule has 0 aromatic rings. The summed E-state index contributed by atoms with van der Waals surface area (Å²) in [4.78, 5) is 9.18. The average Bonchev–Trinajstić information content (AvgIpc) is 1.73. The summed E-state index contributed by atoms with van der Waals surface area (Å²) >= 11 is 4.69. The Balaban J connectivity index is -0.00000000972. The van der Waals surface area contributed by atoms with Gasteiger partial charge < -0.3 is 26.3 Å². The van der Waals surface area contributed by atoms with Gasteiger partial charge in [0.2, 0.25) is 0 Å². The average molecular weight is 419 g/mol. The summed E-state index contributed by atoms with van der Waals surface area (Å²) in [5.74, 6) is -1.33. The van der Waals surface area contributed by atoms with Crippen LogP contribution >= 0.6 is 21.8 Å². The fourth-order valence-corrected chi connectivity index (χ4v) is 0. The van der Waals surface area contributed by atoms with Crippen LogP contribution < -0.4 is 5.11 Å². The molecule has 0 aromatic carbocycles. The standard InChI is InChI=1S/C2H4O2S.3H2O.S.2Sb.H/c3-2(4)1-5;;;;;;;/h5H,1H2,(H,3,4);3*1H2;;;;/p-4. The van der Waals surface area contributed by atoms with Gasteiger partial charge >= 0.3 is 54.7 Å². The number of rotatable bonds is 1. The van der Waals surface area contributed by atoms with Gasteiger partial charge in [0, 0.05) is 5.75 Å². The monoisotopic (exact) mass is 417 g/mol. The number of hydrogen-bond donors (Lipinski definition) is 1. The molecule has 71 valence electrons. The molecule has 0 atom stereocenters. The molecule has 11 heavy (non-hydrogen) atoms. The SMILES string of the molecule is O=C([O-])CS.[OH-].[OH-].[OH-].[S]=[Sb].[SbH]. The molecule has 0 aliphatic rings. The van der Waals surface area contributed by atoms with Crippen molar-refractivity contribution in [1.29, 1.82) is 0 Å². The van der Waals surface area contributed by atoms with Crippen molar-refractivity contribution < 1.29 is 26.3 Å². The fraction of sp³-hybridized carbons (Fsp3) is 0.500. The van der Waals surface area contributed by atoms with Crippen molar-refractivity contribution in [3.05, 3.63) is 0 Å². The number of hydrogen-bond acceptors (Lipinski definition) is 7. The van der Waals surface area contributed by atoms with Crippen molar-refractivity contribution in [2.45, 2.75) is 0 Å². The second-order valence-electron chi connectivity index (χ2n) is 0.530. The van der Waals surface area contributed by atoms with Crippen LogP contribution in [-0.2, 0) is 4.79 Å². The van der Waals surface area contributed by atoms with Crippen molar-refractivity contribution in [3.8, 4) is 0 Å². The summed E-state index contributed by atoms with van der Waals surface area (Å²) in [6.45, 7) is 0. The second kappa shape index (κ2) is 41.7. The predicted octanol–water partition coefficient (Wildman–Crippen LogP) is -2.25. The zero-order chi connectivity index (χ0) is 6.28. The van der Waals surface area contributed by atoms with E-state index in [0.29, 0.717) is 0 Å². The van der Waals surface area contributed by atoms with Crippen LogP contribution in [-0.4, -0.2) is 73.6 Å². The number of aliphatic carboxylic acids is 1. The quantitative estimate of drug-likeness (QED) is 0.378. The molecule has 0 spiro atoms. The summed E-state index contributed by atoms with van der Waals surface area (Å²) in [6.07, 6.45) is 0. The minimum atomic E-state index is -1.13. The van der Waals surface area contributed by atoms with E-state index >= 15 is 0 Å². The zero-order valence-corrected chi connectivity index (χ0v) is 12.3. The Bertz CT molecular complexity index is 64.4. The van der Waals surface area contributed by atoms with Crippen LogP contribution in [0.1, 0.15) is 0 Å². The molecule has 3 radical (unpaired) electrons. The van der Waals surface area contributed by atoms with Crippen molar-refractivity contribution in [2.24, 2.45) is 0 Å². The summed E-state index contributed by atoms with van der Waals surface area (Å²) < 4.78 is 0. The molecule has 0 bridgehead atoms. The Hall–Kier alpha value is 1.56. The molecule has 0 unspecified atom stereocenters. The molecule has 0 aromatic heterocycles. The van der Waals surface area contributed by atoms with E-state index in [-0.39, 0.29) is 46.6 Å². The molecule has 0 heterocycles. The van der Waals surface area contributed by atoms with E-state index in [1.165, 1.54) is 21.1 Å². The van der Waals surface area contributed by atoms with Crippen LogP contribution in [0.15, 0.2) is 0 Å². The Morgan fingerprint density at radius 1 is 1.36 bits per heavy atom. The van der Waals surface area contributed by atoms with Crippen LogP contribution in [0.3, 0.4) is 0 Å². The third-order valence-electron chi connectivity index (χ3n) is 0.129. The summed E-state index contributed by atoms with van der Waals surface area (Å²) in [5.41, 5.74) is 0. The molecular weight excluding hydrogens is 412 g/mol. The molecule has 0 saturated carbocycles. The Kier molecular flexibility index (Phi) is 148. The van der Waals surface area contributed by atoms with Crippen molar-refractivity contribution in [2.75, 3.05) is 5.75 Å². The van der Waals surface area contributed by atoms with Crippen LogP contribution in [0.25, 0.3) is 0 Å². The Morgan fingerprint density at radius 3 is 1.45 bits per heavy atom. The van der Waals surface area contributed by atoms with Crippen LogP contribution in [0.4, 0.5) is 0 Å². The van der Waals surface area contributed by atoms with Gasteiger partial charge in [-0.3, -0.25) is 0 Å². The van der Waals surface area contributed by atoms with Crippen molar-refractivity contribution in [3.63, 3.8) is 0 Å². The first kappa shape index (κ1) is 39.0. The third-order valence-corrected chi connectivity index (χ3v) is 0.387. The molecule has 0 amide bonds.